The molecule has 0 spiro atoms. The summed E-state index contributed by atoms with van der Waals surface area (Å²) in [6.45, 7) is 0. The fourth-order valence-corrected chi connectivity index (χ4v) is 6.95. The molecular formula is C39H26N2S. The molecule has 0 fully saturated rings. The maximum atomic E-state index is 5.16. The normalized spacial score (nSPS) is 11.3. The summed E-state index contributed by atoms with van der Waals surface area (Å²) >= 11 is 1.74. The minimum absolute atomic E-state index is 0.951. The number of nitrogens with zero attached hydrogens (tertiary/aromatic N) is 2. The molecule has 1 heterocycles. The molecule has 2 nitrogen and oxygen atoms in total. The first-order valence-electron chi connectivity index (χ1n) is 14.1. The van der Waals surface area contributed by atoms with Gasteiger partial charge in [-0.3, -0.25) is 4.90 Å². The summed E-state index contributed by atoms with van der Waals surface area (Å²) in [6.07, 6.45) is 0. The van der Waals surface area contributed by atoms with Crippen molar-refractivity contribution in [1.29, 1.82) is 0 Å². The number of hydrogen-bond acceptors (Lipinski definition) is 3. The summed E-state index contributed by atoms with van der Waals surface area (Å²) < 4.78 is 1.21. The van der Waals surface area contributed by atoms with Crippen LogP contribution in [0.3, 0.4) is 0 Å². The Labute approximate surface area is 248 Å². The molecule has 3 heteroatoms. The molecule has 42 heavy (non-hydrogen) atoms. The van der Waals surface area contributed by atoms with Crippen LogP contribution in [0.25, 0.3) is 54.0 Å². The summed E-state index contributed by atoms with van der Waals surface area (Å²) in [7, 11) is 0. The molecule has 8 aromatic rings. The van der Waals surface area contributed by atoms with Gasteiger partial charge in [0.2, 0.25) is 0 Å². The van der Waals surface area contributed by atoms with Crippen molar-refractivity contribution in [3.05, 3.63) is 158 Å². The second-order valence-electron chi connectivity index (χ2n) is 10.5. The van der Waals surface area contributed by atoms with Gasteiger partial charge in [-0.1, -0.05) is 139 Å². The van der Waals surface area contributed by atoms with E-state index in [9.17, 15) is 0 Å². The Hall–Kier alpha value is -5.25. The van der Waals surface area contributed by atoms with Crippen molar-refractivity contribution in [2.75, 3.05) is 4.90 Å². The third-order valence-electron chi connectivity index (χ3n) is 7.92. The van der Waals surface area contributed by atoms with Gasteiger partial charge in [0.25, 0.3) is 0 Å². The Morgan fingerprint density at radius 2 is 1.00 bits per heavy atom. The fourth-order valence-electron chi connectivity index (χ4n) is 5.81. The van der Waals surface area contributed by atoms with Gasteiger partial charge < -0.3 is 0 Å². The second-order valence-corrected chi connectivity index (χ2v) is 11.4. The number of anilines is 3. The molecule has 0 bridgehead atoms. The van der Waals surface area contributed by atoms with Crippen molar-refractivity contribution in [3.8, 4) is 22.3 Å². The average molecular weight is 555 g/mol. The SMILES string of the molecule is c1ccc(-c2ccc(N(c3ccc(-c4cccc5ccccc45)cc3)c3nc4ccc5ccccc5c4s3)cc2)cc1. The van der Waals surface area contributed by atoms with Crippen LogP contribution in [0.5, 0.6) is 0 Å². The minimum Gasteiger partial charge on any atom is -0.286 e. The minimum atomic E-state index is 0.951. The van der Waals surface area contributed by atoms with E-state index < -0.39 is 0 Å². The van der Waals surface area contributed by atoms with Gasteiger partial charge in [0.05, 0.1) is 10.2 Å². The summed E-state index contributed by atoms with van der Waals surface area (Å²) in [6, 6.07) is 56.1. The largest absolute Gasteiger partial charge is 0.286 e. The molecule has 0 aliphatic heterocycles. The van der Waals surface area contributed by atoms with Crippen molar-refractivity contribution in [1.82, 2.24) is 4.98 Å². The highest BCUT2D eigenvalue weighted by Crippen LogP contribution is 2.42. The lowest BCUT2D eigenvalue weighted by Crippen LogP contribution is -2.09. The topological polar surface area (TPSA) is 16.1 Å². The molecule has 0 saturated carbocycles. The fraction of sp³-hybridized carbons (Fsp3) is 0. The molecular weight excluding hydrogens is 529 g/mol. The summed E-state index contributed by atoms with van der Waals surface area (Å²) in [5, 5.41) is 5.94. The second kappa shape index (κ2) is 10.3. The molecule has 0 aliphatic rings. The predicted molar refractivity (Wildman–Crippen MR) is 180 cm³/mol. The summed E-state index contributed by atoms with van der Waals surface area (Å²) in [5.74, 6) is 0. The smallest absolute Gasteiger partial charge is 0.195 e. The maximum Gasteiger partial charge on any atom is 0.195 e. The molecule has 0 atom stereocenters. The highest BCUT2D eigenvalue weighted by molar-refractivity contribution is 7.23. The first kappa shape index (κ1) is 24.5. The Morgan fingerprint density at radius 3 is 1.74 bits per heavy atom. The molecule has 0 N–H and O–H groups in total. The molecule has 0 aliphatic carbocycles. The van der Waals surface area contributed by atoms with Crippen LogP contribution in [0, 0.1) is 0 Å². The quantitative estimate of drug-likeness (QED) is 0.210. The van der Waals surface area contributed by atoms with Gasteiger partial charge >= 0.3 is 0 Å². The van der Waals surface area contributed by atoms with E-state index in [0.717, 1.165) is 22.0 Å². The Morgan fingerprint density at radius 1 is 0.429 bits per heavy atom. The van der Waals surface area contributed by atoms with Gasteiger partial charge in [-0.2, -0.15) is 0 Å². The zero-order valence-corrected chi connectivity index (χ0v) is 23.6. The molecule has 1 aromatic heterocycles. The predicted octanol–water partition coefficient (Wildman–Crippen LogP) is 11.4. The monoisotopic (exact) mass is 554 g/mol. The van der Waals surface area contributed by atoms with Crippen LogP contribution < -0.4 is 4.90 Å². The van der Waals surface area contributed by atoms with Crippen LogP contribution in [-0.4, -0.2) is 4.98 Å². The van der Waals surface area contributed by atoms with Gasteiger partial charge in [-0.05, 0) is 68.7 Å². The summed E-state index contributed by atoms with van der Waals surface area (Å²) in [5.41, 5.74) is 8.02. The summed E-state index contributed by atoms with van der Waals surface area (Å²) in [4.78, 5) is 7.44. The zero-order chi connectivity index (χ0) is 27.9. The van der Waals surface area contributed by atoms with Crippen LogP contribution >= 0.6 is 11.3 Å². The highest BCUT2D eigenvalue weighted by atomic mass is 32.1. The third kappa shape index (κ3) is 4.32. The van der Waals surface area contributed by atoms with Gasteiger partial charge in [0, 0.05) is 16.8 Å². The Bertz CT molecular complexity index is 2170. The number of rotatable bonds is 5. The van der Waals surface area contributed by atoms with Crippen molar-refractivity contribution < 1.29 is 0 Å². The molecule has 0 radical (unpaired) electrons. The van der Waals surface area contributed by atoms with Gasteiger partial charge in [-0.15, -0.1) is 0 Å². The van der Waals surface area contributed by atoms with Gasteiger partial charge in [-0.25, -0.2) is 4.98 Å². The van der Waals surface area contributed by atoms with E-state index in [1.165, 1.54) is 48.5 Å². The van der Waals surface area contributed by atoms with E-state index in [1.807, 2.05) is 0 Å². The average Bonchev–Trinajstić information content (AvgIpc) is 3.50. The number of aromatic nitrogens is 1. The van der Waals surface area contributed by atoms with Crippen LogP contribution in [0.15, 0.2) is 158 Å². The van der Waals surface area contributed by atoms with E-state index in [1.54, 1.807) is 11.3 Å². The van der Waals surface area contributed by atoms with E-state index in [2.05, 4.69) is 163 Å². The number of fused-ring (bicyclic) bond motifs is 4. The molecule has 8 rings (SSSR count). The van der Waals surface area contributed by atoms with E-state index in [-0.39, 0.29) is 0 Å². The first-order valence-corrected chi connectivity index (χ1v) is 15.0. The van der Waals surface area contributed by atoms with Gasteiger partial charge in [0.1, 0.15) is 0 Å². The van der Waals surface area contributed by atoms with Crippen molar-refractivity contribution >= 4 is 59.6 Å². The lowest BCUT2D eigenvalue weighted by molar-refractivity contribution is 1.25. The maximum absolute atomic E-state index is 5.16. The molecule has 7 aromatic carbocycles. The Balaban J connectivity index is 1.26. The Kier molecular flexibility index (Phi) is 6.02. The standard InChI is InChI=1S/C39H26N2S/c1-2-9-27(10-3-1)28-17-22-32(23-18-28)41(39-40-37-26-21-30-12-5-7-15-36(30)38(37)42-39)33-24-19-31(20-25-33)35-16-8-13-29-11-4-6-14-34(29)35/h1-26H. The molecule has 0 saturated heterocycles. The molecule has 0 unspecified atom stereocenters. The molecule has 198 valence electrons. The van der Waals surface area contributed by atoms with Crippen molar-refractivity contribution in [3.63, 3.8) is 0 Å². The number of benzene rings is 7. The zero-order valence-electron chi connectivity index (χ0n) is 22.8. The van der Waals surface area contributed by atoms with E-state index >= 15 is 0 Å². The first-order chi connectivity index (χ1) is 20.8. The highest BCUT2D eigenvalue weighted by Gasteiger charge is 2.18. The molecule has 0 amide bonds. The lowest BCUT2D eigenvalue weighted by atomic mass is 9.98. The van der Waals surface area contributed by atoms with Crippen molar-refractivity contribution in [2.45, 2.75) is 0 Å². The van der Waals surface area contributed by atoms with Crippen LogP contribution in [0.2, 0.25) is 0 Å². The lowest BCUT2D eigenvalue weighted by Gasteiger charge is -2.23. The van der Waals surface area contributed by atoms with Crippen molar-refractivity contribution in [2.24, 2.45) is 0 Å². The number of hydrogen-bond donors (Lipinski definition) is 0. The van der Waals surface area contributed by atoms with E-state index in [0.29, 0.717) is 0 Å². The number of thiazole rings is 1. The van der Waals surface area contributed by atoms with Gasteiger partial charge in [0.15, 0.2) is 5.13 Å². The van der Waals surface area contributed by atoms with Crippen LogP contribution in [0.4, 0.5) is 16.5 Å². The van der Waals surface area contributed by atoms with Crippen LogP contribution in [-0.2, 0) is 0 Å². The van der Waals surface area contributed by atoms with E-state index in [4.69, 9.17) is 4.98 Å². The van der Waals surface area contributed by atoms with Crippen LogP contribution in [0.1, 0.15) is 0 Å². The third-order valence-corrected chi connectivity index (χ3v) is 9.01.